The molecule has 0 aromatic rings. The lowest BCUT2D eigenvalue weighted by molar-refractivity contribution is -0.127. The molecule has 1 rings (SSSR count). The zero-order valence-electron chi connectivity index (χ0n) is 14.7. The van der Waals surface area contributed by atoms with Gasteiger partial charge in [-0.1, -0.05) is 34.6 Å². The first-order chi connectivity index (χ1) is 9.78. The molecule has 1 saturated carbocycles. The summed E-state index contributed by atoms with van der Waals surface area (Å²) in [6, 6.07) is 0. The van der Waals surface area contributed by atoms with Gasteiger partial charge in [-0.3, -0.25) is 4.79 Å². The average Bonchev–Trinajstić information content (AvgIpc) is 2.48. The molecule has 1 fully saturated rings. The molecule has 0 atom stereocenters. The van der Waals surface area contributed by atoms with Crippen LogP contribution in [0.5, 0.6) is 0 Å². The van der Waals surface area contributed by atoms with Crippen molar-refractivity contribution < 1.29 is 9.90 Å². The van der Waals surface area contributed by atoms with Crippen molar-refractivity contribution in [2.45, 2.75) is 73.1 Å². The molecule has 2 N–H and O–H groups in total. The largest absolute Gasteiger partial charge is 0.396 e. The van der Waals surface area contributed by atoms with E-state index in [9.17, 15) is 9.90 Å². The summed E-state index contributed by atoms with van der Waals surface area (Å²) in [7, 11) is 0. The zero-order chi connectivity index (χ0) is 16.1. The van der Waals surface area contributed by atoms with Gasteiger partial charge in [-0.15, -0.1) is 0 Å². The number of hydrogen-bond donors (Lipinski definition) is 2. The first-order valence-electron chi connectivity index (χ1n) is 8.66. The maximum atomic E-state index is 12.4. The Hall–Kier alpha value is -0.570. The van der Waals surface area contributed by atoms with E-state index < -0.39 is 0 Å². The molecule has 3 heteroatoms. The van der Waals surface area contributed by atoms with Crippen molar-refractivity contribution in [3.8, 4) is 0 Å². The third-order valence-electron chi connectivity index (χ3n) is 5.80. The highest BCUT2D eigenvalue weighted by Crippen LogP contribution is 2.39. The standard InChI is InChI=1S/C18H35NO2/c1-6-18(7-2,13-20)12-19-16(21)14-8-10-15(11-9-14)17(3,4)5/h14-15,20H,6-13H2,1-5H3,(H,19,21). The number of carbonyl (C=O) groups is 1. The number of aliphatic hydroxyl groups is 1. The van der Waals surface area contributed by atoms with Gasteiger partial charge in [0.1, 0.15) is 0 Å². The second-order valence-corrected chi connectivity index (χ2v) is 8.00. The van der Waals surface area contributed by atoms with Gasteiger partial charge in [0.2, 0.25) is 5.91 Å². The molecule has 1 amide bonds. The van der Waals surface area contributed by atoms with Crippen molar-refractivity contribution in [1.29, 1.82) is 0 Å². The molecule has 0 radical (unpaired) electrons. The van der Waals surface area contributed by atoms with E-state index in [0.717, 1.165) is 44.4 Å². The molecule has 0 unspecified atom stereocenters. The Morgan fingerprint density at radius 2 is 1.62 bits per heavy atom. The first-order valence-corrected chi connectivity index (χ1v) is 8.66. The highest BCUT2D eigenvalue weighted by atomic mass is 16.3. The molecular formula is C18H35NO2. The molecule has 1 aliphatic carbocycles. The van der Waals surface area contributed by atoms with Crippen molar-refractivity contribution in [1.82, 2.24) is 5.32 Å². The van der Waals surface area contributed by atoms with Crippen LogP contribution in [0.3, 0.4) is 0 Å². The Balaban J connectivity index is 2.44. The maximum absolute atomic E-state index is 12.4. The van der Waals surface area contributed by atoms with Gasteiger partial charge in [0.15, 0.2) is 0 Å². The molecule has 0 aromatic carbocycles. The highest BCUT2D eigenvalue weighted by Gasteiger charge is 2.33. The quantitative estimate of drug-likeness (QED) is 0.784. The average molecular weight is 297 g/mol. The fourth-order valence-electron chi connectivity index (χ4n) is 3.42. The van der Waals surface area contributed by atoms with E-state index in [-0.39, 0.29) is 23.8 Å². The predicted molar refractivity (Wildman–Crippen MR) is 88.0 cm³/mol. The molecule has 21 heavy (non-hydrogen) atoms. The third-order valence-corrected chi connectivity index (χ3v) is 5.80. The Labute approximate surface area is 130 Å². The summed E-state index contributed by atoms with van der Waals surface area (Å²) < 4.78 is 0. The lowest BCUT2D eigenvalue weighted by atomic mass is 9.69. The summed E-state index contributed by atoms with van der Waals surface area (Å²) in [6.07, 6.45) is 6.15. The van der Waals surface area contributed by atoms with Crippen LogP contribution < -0.4 is 5.32 Å². The topological polar surface area (TPSA) is 49.3 Å². The predicted octanol–water partition coefficient (Wildman–Crippen LogP) is 3.75. The molecule has 0 bridgehead atoms. The maximum Gasteiger partial charge on any atom is 0.223 e. The molecule has 0 saturated heterocycles. The summed E-state index contributed by atoms with van der Waals surface area (Å²) in [5.41, 5.74) is 0.218. The summed E-state index contributed by atoms with van der Waals surface area (Å²) in [5, 5.41) is 12.7. The molecular weight excluding hydrogens is 262 g/mol. The monoisotopic (exact) mass is 297 g/mol. The number of hydrogen-bond acceptors (Lipinski definition) is 2. The van der Waals surface area contributed by atoms with Crippen LogP contribution in [0.2, 0.25) is 0 Å². The van der Waals surface area contributed by atoms with Gasteiger partial charge in [0, 0.05) is 17.9 Å². The van der Waals surface area contributed by atoms with E-state index in [1.807, 2.05) is 0 Å². The SMILES string of the molecule is CCC(CC)(CO)CNC(=O)C1CCC(C(C)(C)C)CC1. The molecule has 0 heterocycles. The molecule has 124 valence electrons. The van der Waals surface area contributed by atoms with Crippen molar-refractivity contribution in [3.05, 3.63) is 0 Å². The van der Waals surface area contributed by atoms with Gasteiger partial charge in [0.05, 0.1) is 6.61 Å². The van der Waals surface area contributed by atoms with Gasteiger partial charge in [-0.2, -0.15) is 0 Å². The van der Waals surface area contributed by atoms with E-state index in [0.29, 0.717) is 12.0 Å². The lowest BCUT2D eigenvalue weighted by Crippen LogP contribution is -2.42. The van der Waals surface area contributed by atoms with Crippen LogP contribution >= 0.6 is 0 Å². The zero-order valence-corrected chi connectivity index (χ0v) is 14.7. The fourth-order valence-corrected chi connectivity index (χ4v) is 3.42. The highest BCUT2D eigenvalue weighted by molar-refractivity contribution is 5.78. The summed E-state index contributed by atoms with van der Waals surface area (Å²) >= 11 is 0. The van der Waals surface area contributed by atoms with Gasteiger partial charge in [-0.25, -0.2) is 0 Å². The van der Waals surface area contributed by atoms with Crippen LogP contribution in [0.15, 0.2) is 0 Å². The van der Waals surface area contributed by atoms with Crippen molar-refractivity contribution in [3.63, 3.8) is 0 Å². The van der Waals surface area contributed by atoms with Crippen LogP contribution in [0.1, 0.15) is 73.1 Å². The van der Waals surface area contributed by atoms with Crippen LogP contribution in [0.25, 0.3) is 0 Å². The third kappa shape index (κ3) is 4.98. The lowest BCUT2D eigenvalue weighted by Gasteiger charge is -2.37. The van der Waals surface area contributed by atoms with Gasteiger partial charge in [-0.05, 0) is 49.9 Å². The molecule has 0 aromatic heterocycles. The normalized spacial score (nSPS) is 23.9. The van der Waals surface area contributed by atoms with E-state index >= 15 is 0 Å². The first kappa shape index (κ1) is 18.5. The number of amides is 1. The summed E-state index contributed by atoms with van der Waals surface area (Å²) in [4.78, 5) is 12.4. The Morgan fingerprint density at radius 1 is 1.10 bits per heavy atom. The van der Waals surface area contributed by atoms with E-state index in [1.165, 1.54) is 0 Å². The van der Waals surface area contributed by atoms with Crippen molar-refractivity contribution in [2.75, 3.05) is 13.2 Å². The number of aliphatic hydroxyl groups excluding tert-OH is 1. The fraction of sp³-hybridized carbons (Fsp3) is 0.944. The Kier molecular flexibility index (Phi) is 6.71. The number of nitrogens with one attached hydrogen (secondary N) is 1. The second kappa shape index (κ2) is 7.62. The minimum Gasteiger partial charge on any atom is -0.396 e. The van der Waals surface area contributed by atoms with Crippen LogP contribution in [0.4, 0.5) is 0 Å². The summed E-state index contributed by atoms with van der Waals surface area (Å²) in [6.45, 7) is 11.8. The molecule has 0 spiro atoms. The van der Waals surface area contributed by atoms with Gasteiger partial charge >= 0.3 is 0 Å². The van der Waals surface area contributed by atoms with Gasteiger partial charge in [0.25, 0.3) is 0 Å². The van der Waals surface area contributed by atoms with Crippen LogP contribution in [-0.2, 0) is 4.79 Å². The van der Waals surface area contributed by atoms with Crippen LogP contribution in [0, 0.1) is 22.7 Å². The molecule has 0 aliphatic heterocycles. The van der Waals surface area contributed by atoms with E-state index in [4.69, 9.17) is 0 Å². The summed E-state index contributed by atoms with van der Waals surface area (Å²) in [5.74, 6) is 1.11. The van der Waals surface area contributed by atoms with Gasteiger partial charge < -0.3 is 10.4 Å². The Morgan fingerprint density at radius 3 is 2.00 bits per heavy atom. The van der Waals surface area contributed by atoms with Crippen molar-refractivity contribution in [2.24, 2.45) is 22.7 Å². The minimum absolute atomic E-state index is 0.141. The van der Waals surface area contributed by atoms with Crippen molar-refractivity contribution >= 4 is 5.91 Å². The van der Waals surface area contributed by atoms with E-state index in [1.54, 1.807) is 0 Å². The number of rotatable bonds is 6. The Bertz CT molecular complexity index is 312. The second-order valence-electron chi connectivity index (χ2n) is 8.00. The van der Waals surface area contributed by atoms with E-state index in [2.05, 4.69) is 39.9 Å². The molecule has 3 nitrogen and oxygen atoms in total. The minimum atomic E-state index is -0.141. The van der Waals surface area contributed by atoms with Crippen LogP contribution in [-0.4, -0.2) is 24.2 Å². The number of carbonyl (C=O) groups excluding carboxylic acids is 1. The molecule has 1 aliphatic rings. The smallest absolute Gasteiger partial charge is 0.223 e.